The number of anilines is 2. The lowest BCUT2D eigenvalue weighted by Crippen LogP contribution is -2.47. The molecule has 0 bridgehead atoms. The van der Waals surface area contributed by atoms with Gasteiger partial charge in [0, 0.05) is 29.9 Å². The van der Waals surface area contributed by atoms with Gasteiger partial charge in [-0.15, -0.1) is 0 Å². The van der Waals surface area contributed by atoms with Gasteiger partial charge in [-0.05, 0) is 61.4 Å². The van der Waals surface area contributed by atoms with E-state index in [2.05, 4.69) is 0 Å². The monoisotopic (exact) mass is 402 g/mol. The summed E-state index contributed by atoms with van der Waals surface area (Å²) >= 11 is 0. The standard InChI is InChI=1S/C25H23FN2O2/c1-17-16-24(22-10-6-7-11-23(22)27(17)18(2)29)28(21-8-4-3-5-9-21)25(30)19-12-14-20(26)15-13-19/h3-15,17,24H,16H2,1-2H3/t17-,24+/m1/s1. The van der Waals surface area contributed by atoms with Gasteiger partial charge in [0.1, 0.15) is 5.82 Å². The number of hydrogen-bond donors (Lipinski definition) is 0. The Morgan fingerprint density at radius 2 is 1.57 bits per heavy atom. The molecule has 2 atom stereocenters. The van der Waals surface area contributed by atoms with E-state index in [0.717, 1.165) is 16.9 Å². The first kappa shape index (κ1) is 19.8. The van der Waals surface area contributed by atoms with Crippen molar-refractivity contribution in [3.05, 3.63) is 95.8 Å². The van der Waals surface area contributed by atoms with Crippen LogP contribution in [0.15, 0.2) is 78.9 Å². The number of halogens is 1. The fraction of sp³-hybridized carbons (Fsp3) is 0.200. The van der Waals surface area contributed by atoms with Crippen LogP contribution >= 0.6 is 0 Å². The molecule has 152 valence electrons. The van der Waals surface area contributed by atoms with Crippen molar-refractivity contribution < 1.29 is 14.0 Å². The van der Waals surface area contributed by atoms with Crippen LogP contribution in [-0.2, 0) is 4.79 Å². The molecule has 0 unspecified atom stereocenters. The molecule has 0 aromatic heterocycles. The van der Waals surface area contributed by atoms with Gasteiger partial charge in [-0.1, -0.05) is 36.4 Å². The zero-order valence-corrected chi connectivity index (χ0v) is 17.0. The van der Waals surface area contributed by atoms with Crippen LogP contribution in [0.5, 0.6) is 0 Å². The van der Waals surface area contributed by atoms with Gasteiger partial charge < -0.3 is 9.80 Å². The molecule has 1 heterocycles. The second-order valence-corrected chi connectivity index (χ2v) is 7.57. The highest BCUT2D eigenvalue weighted by Crippen LogP contribution is 2.42. The van der Waals surface area contributed by atoms with Crippen LogP contribution in [0.1, 0.15) is 42.2 Å². The summed E-state index contributed by atoms with van der Waals surface area (Å²) in [5.74, 6) is -0.611. The number of carbonyl (C=O) groups is 2. The minimum atomic E-state index is -0.383. The lowest BCUT2D eigenvalue weighted by Gasteiger charge is -2.43. The Hall–Kier alpha value is -3.47. The van der Waals surface area contributed by atoms with E-state index in [-0.39, 0.29) is 29.7 Å². The van der Waals surface area contributed by atoms with Gasteiger partial charge in [0.25, 0.3) is 5.91 Å². The Labute approximate surface area is 175 Å². The lowest BCUT2D eigenvalue weighted by atomic mass is 9.89. The Morgan fingerprint density at radius 1 is 0.933 bits per heavy atom. The number of amides is 2. The SMILES string of the molecule is CC(=O)N1c2ccccc2[C@@H](N(C(=O)c2ccc(F)cc2)c2ccccc2)C[C@H]1C. The lowest BCUT2D eigenvalue weighted by molar-refractivity contribution is -0.117. The van der Waals surface area contributed by atoms with Crippen molar-refractivity contribution in [1.82, 2.24) is 0 Å². The molecule has 0 N–H and O–H groups in total. The van der Waals surface area contributed by atoms with Crippen molar-refractivity contribution in [2.24, 2.45) is 0 Å². The third-order valence-corrected chi connectivity index (χ3v) is 5.56. The van der Waals surface area contributed by atoms with E-state index in [9.17, 15) is 14.0 Å². The molecule has 0 saturated heterocycles. The van der Waals surface area contributed by atoms with E-state index in [0.29, 0.717) is 12.0 Å². The number of rotatable bonds is 3. The van der Waals surface area contributed by atoms with Gasteiger partial charge in [-0.25, -0.2) is 4.39 Å². The quantitative estimate of drug-likeness (QED) is 0.592. The number of fused-ring (bicyclic) bond motifs is 1. The van der Waals surface area contributed by atoms with E-state index in [1.165, 1.54) is 24.3 Å². The molecular formula is C25H23FN2O2. The molecule has 4 nitrogen and oxygen atoms in total. The largest absolute Gasteiger partial charge is 0.309 e. The predicted octanol–water partition coefficient (Wildman–Crippen LogP) is 5.36. The average Bonchev–Trinajstić information content (AvgIpc) is 2.75. The van der Waals surface area contributed by atoms with Gasteiger partial charge in [-0.2, -0.15) is 0 Å². The molecule has 30 heavy (non-hydrogen) atoms. The summed E-state index contributed by atoms with van der Waals surface area (Å²) in [4.78, 5) is 29.5. The van der Waals surface area contributed by atoms with E-state index >= 15 is 0 Å². The van der Waals surface area contributed by atoms with Crippen LogP contribution in [0.4, 0.5) is 15.8 Å². The maximum Gasteiger partial charge on any atom is 0.258 e. The summed E-state index contributed by atoms with van der Waals surface area (Å²) in [5, 5.41) is 0. The van der Waals surface area contributed by atoms with Gasteiger partial charge in [0.2, 0.25) is 5.91 Å². The Balaban J connectivity index is 1.85. The minimum Gasteiger partial charge on any atom is -0.309 e. The molecule has 0 saturated carbocycles. The van der Waals surface area contributed by atoms with Crippen molar-refractivity contribution in [3.63, 3.8) is 0 Å². The maximum atomic E-state index is 13.6. The summed E-state index contributed by atoms with van der Waals surface area (Å²) in [6, 6.07) is 22.5. The zero-order chi connectivity index (χ0) is 21.3. The van der Waals surface area contributed by atoms with Gasteiger partial charge in [0.15, 0.2) is 0 Å². The molecule has 5 heteroatoms. The molecule has 0 spiro atoms. The van der Waals surface area contributed by atoms with E-state index in [1.807, 2.05) is 61.5 Å². The number of hydrogen-bond acceptors (Lipinski definition) is 2. The predicted molar refractivity (Wildman–Crippen MR) is 116 cm³/mol. The fourth-order valence-electron chi connectivity index (χ4n) is 4.26. The van der Waals surface area contributed by atoms with Gasteiger partial charge in [-0.3, -0.25) is 9.59 Å². The number of para-hydroxylation sites is 2. The van der Waals surface area contributed by atoms with E-state index in [1.54, 1.807) is 16.7 Å². The summed E-state index contributed by atoms with van der Waals surface area (Å²) in [7, 11) is 0. The zero-order valence-electron chi connectivity index (χ0n) is 17.0. The van der Waals surface area contributed by atoms with Crippen molar-refractivity contribution in [2.45, 2.75) is 32.4 Å². The first-order valence-electron chi connectivity index (χ1n) is 10.00. The van der Waals surface area contributed by atoms with Crippen molar-refractivity contribution in [3.8, 4) is 0 Å². The first-order valence-corrected chi connectivity index (χ1v) is 10.00. The molecule has 0 radical (unpaired) electrons. The normalized spacial score (nSPS) is 17.9. The smallest absolute Gasteiger partial charge is 0.258 e. The third-order valence-electron chi connectivity index (χ3n) is 5.56. The molecule has 3 aromatic carbocycles. The van der Waals surface area contributed by atoms with Crippen LogP contribution in [0.2, 0.25) is 0 Å². The number of benzene rings is 3. The Kier molecular flexibility index (Phi) is 5.36. The summed E-state index contributed by atoms with van der Waals surface area (Å²) in [5.41, 5.74) is 2.92. The molecule has 1 aliphatic rings. The van der Waals surface area contributed by atoms with E-state index < -0.39 is 0 Å². The van der Waals surface area contributed by atoms with E-state index in [4.69, 9.17) is 0 Å². The third kappa shape index (κ3) is 3.59. The number of carbonyl (C=O) groups excluding carboxylic acids is 2. The van der Waals surface area contributed by atoms with Crippen molar-refractivity contribution >= 4 is 23.2 Å². The molecule has 4 rings (SSSR count). The molecular weight excluding hydrogens is 379 g/mol. The molecule has 0 aliphatic carbocycles. The summed E-state index contributed by atoms with van der Waals surface area (Å²) in [6.07, 6.45) is 0.596. The Bertz CT molecular complexity index is 1070. The Morgan fingerprint density at radius 3 is 2.23 bits per heavy atom. The highest BCUT2D eigenvalue weighted by atomic mass is 19.1. The molecule has 0 fully saturated rings. The number of nitrogens with zero attached hydrogens (tertiary/aromatic N) is 2. The molecule has 3 aromatic rings. The van der Waals surface area contributed by atoms with Gasteiger partial charge >= 0.3 is 0 Å². The topological polar surface area (TPSA) is 40.6 Å². The molecule has 2 amide bonds. The summed E-state index contributed by atoms with van der Waals surface area (Å²) < 4.78 is 13.4. The van der Waals surface area contributed by atoms with Crippen molar-refractivity contribution in [2.75, 3.05) is 9.80 Å². The van der Waals surface area contributed by atoms with Crippen molar-refractivity contribution in [1.29, 1.82) is 0 Å². The van der Waals surface area contributed by atoms with Gasteiger partial charge in [0.05, 0.1) is 6.04 Å². The van der Waals surface area contributed by atoms with Crippen LogP contribution in [0.25, 0.3) is 0 Å². The maximum absolute atomic E-state index is 13.6. The summed E-state index contributed by atoms with van der Waals surface area (Å²) in [6.45, 7) is 3.56. The second-order valence-electron chi connectivity index (χ2n) is 7.57. The van der Waals surface area contributed by atoms with Crippen LogP contribution in [-0.4, -0.2) is 17.9 Å². The second kappa shape index (κ2) is 8.11. The van der Waals surface area contributed by atoms with Crippen LogP contribution < -0.4 is 9.80 Å². The highest BCUT2D eigenvalue weighted by Gasteiger charge is 2.37. The first-order chi connectivity index (χ1) is 14.5. The highest BCUT2D eigenvalue weighted by molar-refractivity contribution is 6.07. The molecule has 1 aliphatic heterocycles. The minimum absolute atomic E-state index is 0.0236. The van der Waals surface area contributed by atoms with Crippen LogP contribution in [0.3, 0.4) is 0 Å². The fourth-order valence-corrected chi connectivity index (χ4v) is 4.26. The van der Waals surface area contributed by atoms with Crippen LogP contribution in [0, 0.1) is 5.82 Å². The average molecular weight is 402 g/mol.